The number of ether oxygens (including phenoxy) is 1. The molecule has 0 aromatic heterocycles. The Balaban J connectivity index is 3.29. The molecule has 0 fully saturated rings. The smallest absolute Gasteiger partial charge is 0.145 e. The summed E-state index contributed by atoms with van der Waals surface area (Å²) in [5.74, 6) is 0.735. The molecule has 0 atom stereocenters. The van der Waals surface area contributed by atoms with Crippen LogP contribution in [0.2, 0.25) is 0 Å². The zero-order chi connectivity index (χ0) is 10.9. The number of hydrogen-bond donors (Lipinski definition) is 2. The average molecular weight is 195 g/mol. The number of methoxy groups -OCH3 is 1. The number of phenolic OH excluding ortho intramolecular Hbond substituents is 1. The predicted octanol–water partition coefficient (Wildman–Crippen LogP) is 2.28. The van der Waals surface area contributed by atoms with E-state index in [0.29, 0.717) is 11.4 Å². The Labute approximate surface area is 84.5 Å². The number of nitrogens with two attached hydrogens (primary N) is 1. The van der Waals surface area contributed by atoms with Gasteiger partial charge in [0.05, 0.1) is 12.8 Å². The van der Waals surface area contributed by atoms with Crippen molar-refractivity contribution < 1.29 is 9.84 Å². The number of phenols is 1. The lowest BCUT2D eigenvalue weighted by atomic mass is 9.86. The van der Waals surface area contributed by atoms with Crippen LogP contribution >= 0.6 is 0 Å². The zero-order valence-electron chi connectivity index (χ0n) is 9.09. The van der Waals surface area contributed by atoms with Crippen LogP contribution in [-0.4, -0.2) is 12.2 Å². The van der Waals surface area contributed by atoms with Gasteiger partial charge in [-0.15, -0.1) is 0 Å². The van der Waals surface area contributed by atoms with E-state index in [-0.39, 0.29) is 11.2 Å². The van der Waals surface area contributed by atoms with Crippen molar-refractivity contribution in [3.05, 3.63) is 17.7 Å². The molecule has 0 aliphatic carbocycles. The third-order valence-corrected chi connectivity index (χ3v) is 2.16. The van der Waals surface area contributed by atoms with Crippen molar-refractivity contribution in [2.24, 2.45) is 0 Å². The molecule has 0 spiro atoms. The molecular weight excluding hydrogens is 178 g/mol. The van der Waals surface area contributed by atoms with Crippen LogP contribution in [-0.2, 0) is 5.41 Å². The van der Waals surface area contributed by atoms with Gasteiger partial charge in [0.25, 0.3) is 0 Å². The van der Waals surface area contributed by atoms with Gasteiger partial charge < -0.3 is 15.6 Å². The second-order valence-electron chi connectivity index (χ2n) is 4.36. The molecule has 0 amide bonds. The highest BCUT2D eigenvalue weighted by Crippen LogP contribution is 2.36. The second-order valence-corrected chi connectivity index (χ2v) is 4.36. The molecule has 0 saturated heterocycles. The molecule has 0 saturated carbocycles. The molecule has 3 heteroatoms. The van der Waals surface area contributed by atoms with Gasteiger partial charge in [0, 0.05) is 11.6 Å². The van der Waals surface area contributed by atoms with Crippen molar-refractivity contribution >= 4 is 5.69 Å². The Morgan fingerprint density at radius 1 is 1.29 bits per heavy atom. The van der Waals surface area contributed by atoms with Crippen LogP contribution in [0.5, 0.6) is 11.5 Å². The van der Waals surface area contributed by atoms with Gasteiger partial charge in [-0.3, -0.25) is 0 Å². The standard InChI is InChI=1S/C11H17NO2/c1-11(2,3)7-5-8(12)10(14-4)6-9(7)13/h5-6,13H,12H2,1-4H3. The van der Waals surface area contributed by atoms with E-state index in [0.717, 1.165) is 5.56 Å². The minimum absolute atomic E-state index is 0.121. The normalized spacial score (nSPS) is 11.4. The van der Waals surface area contributed by atoms with Crippen LogP contribution in [0.4, 0.5) is 5.69 Å². The zero-order valence-corrected chi connectivity index (χ0v) is 9.09. The topological polar surface area (TPSA) is 55.5 Å². The molecule has 0 aliphatic rings. The van der Waals surface area contributed by atoms with Gasteiger partial charge in [0.2, 0.25) is 0 Å². The first-order chi connectivity index (χ1) is 6.36. The van der Waals surface area contributed by atoms with Gasteiger partial charge in [-0.2, -0.15) is 0 Å². The van der Waals surface area contributed by atoms with E-state index < -0.39 is 0 Å². The number of anilines is 1. The molecule has 1 rings (SSSR count). The summed E-state index contributed by atoms with van der Waals surface area (Å²) in [6.07, 6.45) is 0. The minimum atomic E-state index is -0.121. The summed E-state index contributed by atoms with van der Waals surface area (Å²) in [7, 11) is 1.53. The summed E-state index contributed by atoms with van der Waals surface area (Å²) in [5, 5.41) is 9.75. The number of rotatable bonds is 1. The predicted molar refractivity (Wildman–Crippen MR) is 57.8 cm³/mol. The van der Waals surface area contributed by atoms with Crippen molar-refractivity contribution in [2.45, 2.75) is 26.2 Å². The fourth-order valence-corrected chi connectivity index (χ4v) is 1.36. The van der Waals surface area contributed by atoms with Crippen LogP contribution in [0.15, 0.2) is 12.1 Å². The minimum Gasteiger partial charge on any atom is -0.508 e. The van der Waals surface area contributed by atoms with E-state index in [1.54, 1.807) is 12.1 Å². The summed E-state index contributed by atoms with van der Waals surface area (Å²) in [4.78, 5) is 0. The molecule has 1 aromatic carbocycles. The fraction of sp³-hybridized carbons (Fsp3) is 0.455. The summed E-state index contributed by atoms with van der Waals surface area (Å²) in [5.41, 5.74) is 7.02. The maximum absolute atomic E-state index is 9.75. The Morgan fingerprint density at radius 2 is 1.86 bits per heavy atom. The van der Waals surface area contributed by atoms with E-state index in [2.05, 4.69) is 0 Å². The maximum atomic E-state index is 9.75. The highest BCUT2D eigenvalue weighted by atomic mass is 16.5. The Kier molecular flexibility index (Phi) is 2.60. The lowest BCUT2D eigenvalue weighted by Crippen LogP contribution is -2.12. The summed E-state index contributed by atoms with van der Waals surface area (Å²) in [6.45, 7) is 6.07. The second kappa shape index (κ2) is 3.40. The van der Waals surface area contributed by atoms with Crippen molar-refractivity contribution in [2.75, 3.05) is 12.8 Å². The molecule has 0 bridgehead atoms. The van der Waals surface area contributed by atoms with E-state index in [9.17, 15) is 5.11 Å². The molecule has 78 valence electrons. The lowest BCUT2D eigenvalue weighted by Gasteiger charge is -2.21. The first-order valence-corrected chi connectivity index (χ1v) is 4.53. The van der Waals surface area contributed by atoms with E-state index in [1.165, 1.54) is 7.11 Å². The molecule has 1 aromatic rings. The first kappa shape index (κ1) is 10.7. The molecule has 0 aliphatic heterocycles. The number of aromatic hydroxyl groups is 1. The monoisotopic (exact) mass is 195 g/mol. The summed E-state index contributed by atoms with van der Waals surface area (Å²) in [6, 6.07) is 3.31. The Hall–Kier alpha value is -1.38. The van der Waals surface area contributed by atoms with Gasteiger partial charge in [-0.25, -0.2) is 0 Å². The van der Waals surface area contributed by atoms with Crippen molar-refractivity contribution in [3.63, 3.8) is 0 Å². The number of nitrogen functional groups attached to an aromatic ring is 1. The van der Waals surface area contributed by atoms with Crippen LogP contribution in [0.25, 0.3) is 0 Å². The summed E-state index contributed by atoms with van der Waals surface area (Å²) < 4.78 is 5.01. The van der Waals surface area contributed by atoms with Crippen LogP contribution in [0.3, 0.4) is 0 Å². The van der Waals surface area contributed by atoms with Gasteiger partial charge in [0.15, 0.2) is 0 Å². The average Bonchev–Trinajstić information content (AvgIpc) is 2.06. The van der Waals surface area contributed by atoms with Crippen LogP contribution in [0, 0.1) is 0 Å². The van der Waals surface area contributed by atoms with Crippen LogP contribution < -0.4 is 10.5 Å². The highest BCUT2D eigenvalue weighted by molar-refractivity contribution is 5.60. The van der Waals surface area contributed by atoms with Gasteiger partial charge in [-0.1, -0.05) is 20.8 Å². The van der Waals surface area contributed by atoms with Gasteiger partial charge in [-0.05, 0) is 11.5 Å². The molecular formula is C11H17NO2. The quantitative estimate of drug-likeness (QED) is 0.534. The molecule has 14 heavy (non-hydrogen) atoms. The van der Waals surface area contributed by atoms with Gasteiger partial charge >= 0.3 is 0 Å². The largest absolute Gasteiger partial charge is 0.508 e. The summed E-state index contributed by atoms with van der Waals surface area (Å²) >= 11 is 0. The molecule has 3 nitrogen and oxygen atoms in total. The third-order valence-electron chi connectivity index (χ3n) is 2.16. The molecule has 0 radical (unpaired) electrons. The van der Waals surface area contributed by atoms with Crippen molar-refractivity contribution in [3.8, 4) is 11.5 Å². The molecule has 0 unspecified atom stereocenters. The van der Waals surface area contributed by atoms with Gasteiger partial charge in [0.1, 0.15) is 11.5 Å². The van der Waals surface area contributed by atoms with E-state index in [1.807, 2.05) is 20.8 Å². The first-order valence-electron chi connectivity index (χ1n) is 4.53. The SMILES string of the molecule is COc1cc(O)c(C(C)(C)C)cc1N. The lowest BCUT2D eigenvalue weighted by molar-refractivity contribution is 0.404. The molecule has 0 heterocycles. The molecule has 3 N–H and O–H groups in total. The number of hydrogen-bond acceptors (Lipinski definition) is 3. The van der Waals surface area contributed by atoms with Crippen molar-refractivity contribution in [1.29, 1.82) is 0 Å². The van der Waals surface area contributed by atoms with E-state index in [4.69, 9.17) is 10.5 Å². The van der Waals surface area contributed by atoms with Crippen molar-refractivity contribution in [1.82, 2.24) is 0 Å². The van der Waals surface area contributed by atoms with Crippen LogP contribution in [0.1, 0.15) is 26.3 Å². The van der Waals surface area contributed by atoms with E-state index >= 15 is 0 Å². The Bertz CT molecular complexity index is 340. The maximum Gasteiger partial charge on any atom is 0.145 e. The Morgan fingerprint density at radius 3 is 2.29 bits per heavy atom. The fourth-order valence-electron chi connectivity index (χ4n) is 1.36. The third kappa shape index (κ3) is 1.92. The highest BCUT2D eigenvalue weighted by Gasteiger charge is 2.19. The number of benzene rings is 1.